The SMILES string of the molecule is COC1(C(N)=NO)CCCC1. The zero-order valence-corrected chi connectivity index (χ0v) is 6.71. The highest BCUT2D eigenvalue weighted by Gasteiger charge is 2.38. The van der Waals surface area contributed by atoms with E-state index < -0.39 is 5.60 Å². The fourth-order valence-electron chi connectivity index (χ4n) is 1.60. The minimum Gasteiger partial charge on any atom is -0.409 e. The molecule has 0 aromatic heterocycles. The fraction of sp³-hybridized carbons (Fsp3) is 0.857. The summed E-state index contributed by atoms with van der Waals surface area (Å²) in [5.74, 6) is 0.206. The van der Waals surface area contributed by atoms with Gasteiger partial charge in [-0.1, -0.05) is 5.16 Å². The minimum atomic E-state index is -0.477. The van der Waals surface area contributed by atoms with E-state index in [4.69, 9.17) is 15.7 Å². The maximum atomic E-state index is 8.47. The predicted molar refractivity (Wildman–Crippen MR) is 41.6 cm³/mol. The predicted octanol–water partition coefficient (Wildman–Crippen LogP) is 0.692. The summed E-state index contributed by atoms with van der Waals surface area (Å²) in [5.41, 5.74) is 5.02. The van der Waals surface area contributed by atoms with Crippen LogP contribution in [0.4, 0.5) is 0 Å². The van der Waals surface area contributed by atoms with Gasteiger partial charge in [0.1, 0.15) is 5.60 Å². The Bertz CT molecular complexity index is 162. The number of hydrogen-bond donors (Lipinski definition) is 2. The lowest BCUT2D eigenvalue weighted by molar-refractivity contribution is 0.0523. The maximum Gasteiger partial charge on any atom is 0.171 e. The molecule has 0 unspecified atom stereocenters. The molecule has 1 aliphatic rings. The topological polar surface area (TPSA) is 67.8 Å². The molecule has 0 amide bonds. The molecule has 4 heteroatoms. The van der Waals surface area contributed by atoms with Gasteiger partial charge >= 0.3 is 0 Å². The van der Waals surface area contributed by atoms with Gasteiger partial charge in [0, 0.05) is 7.11 Å². The van der Waals surface area contributed by atoms with E-state index >= 15 is 0 Å². The molecule has 1 saturated carbocycles. The zero-order chi connectivity index (χ0) is 8.32. The van der Waals surface area contributed by atoms with Gasteiger partial charge < -0.3 is 15.7 Å². The van der Waals surface area contributed by atoms with Gasteiger partial charge in [-0.15, -0.1) is 0 Å². The monoisotopic (exact) mass is 158 g/mol. The minimum absolute atomic E-state index is 0.206. The number of rotatable bonds is 2. The van der Waals surface area contributed by atoms with Crippen LogP contribution >= 0.6 is 0 Å². The Morgan fingerprint density at radius 1 is 1.55 bits per heavy atom. The molecule has 1 fully saturated rings. The van der Waals surface area contributed by atoms with E-state index in [1.165, 1.54) is 0 Å². The van der Waals surface area contributed by atoms with Crippen LogP contribution < -0.4 is 5.73 Å². The highest BCUT2D eigenvalue weighted by molar-refractivity contribution is 5.88. The molecule has 1 rings (SSSR count). The van der Waals surface area contributed by atoms with Crippen molar-refractivity contribution in [1.29, 1.82) is 0 Å². The van der Waals surface area contributed by atoms with Crippen LogP contribution in [-0.2, 0) is 4.74 Å². The summed E-state index contributed by atoms with van der Waals surface area (Å²) >= 11 is 0. The Morgan fingerprint density at radius 2 is 2.09 bits per heavy atom. The summed E-state index contributed by atoms with van der Waals surface area (Å²) in [6.45, 7) is 0. The van der Waals surface area contributed by atoms with Crippen molar-refractivity contribution in [2.45, 2.75) is 31.3 Å². The average molecular weight is 158 g/mol. The molecule has 0 bridgehead atoms. The lowest BCUT2D eigenvalue weighted by Crippen LogP contribution is -2.43. The molecule has 64 valence electrons. The molecule has 4 nitrogen and oxygen atoms in total. The van der Waals surface area contributed by atoms with E-state index in [2.05, 4.69) is 5.16 Å². The third-order valence-electron chi connectivity index (χ3n) is 2.38. The normalized spacial score (nSPS) is 23.9. The number of nitrogens with two attached hydrogens (primary N) is 1. The van der Waals surface area contributed by atoms with Crippen LogP contribution in [0.15, 0.2) is 5.16 Å². The molecule has 0 radical (unpaired) electrons. The van der Waals surface area contributed by atoms with Crippen molar-refractivity contribution < 1.29 is 9.94 Å². The smallest absolute Gasteiger partial charge is 0.171 e. The number of nitrogens with zero attached hydrogens (tertiary/aromatic N) is 1. The van der Waals surface area contributed by atoms with Gasteiger partial charge in [0.15, 0.2) is 5.84 Å². The van der Waals surface area contributed by atoms with Crippen molar-refractivity contribution in [1.82, 2.24) is 0 Å². The van der Waals surface area contributed by atoms with Crippen molar-refractivity contribution in [2.24, 2.45) is 10.9 Å². The van der Waals surface area contributed by atoms with Crippen LogP contribution in [0.25, 0.3) is 0 Å². The Kier molecular flexibility index (Phi) is 2.34. The maximum absolute atomic E-state index is 8.47. The van der Waals surface area contributed by atoms with E-state index in [9.17, 15) is 0 Å². The quantitative estimate of drug-likeness (QED) is 0.269. The molecule has 1 aliphatic carbocycles. The van der Waals surface area contributed by atoms with Crippen LogP contribution in [0.3, 0.4) is 0 Å². The Hall–Kier alpha value is -0.770. The van der Waals surface area contributed by atoms with Gasteiger partial charge in [0.2, 0.25) is 0 Å². The molecule has 0 aromatic carbocycles. The molecule has 0 saturated heterocycles. The molecule has 0 aromatic rings. The molecule has 11 heavy (non-hydrogen) atoms. The average Bonchev–Trinajstić information content (AvgIpc) is 2.52. The standard InChI is InChI=1S/C7H14N2O2/c1-11-7(6(8)9-10)4-2-3-5-7/h10H,2-5H2,1H3,(H2,8,9). The summed E-state index contributed by atoms with van der Waals surface area (Å²) in [6.07, 6.45) is 3.90. The van der Waals surface area contributed by atoms with Crippen LogP contribution in [0.2, 0.25) is 0 Å². The van der Waals surface area contributed by atoms with Gasteiger partial charge in [0.05, 0.1) is 0 Å². The van der Waals surface area contributed by atoms with E-state index in [-0.39, 0.29) is 5.84 Å². The first-order valence-electron chi connectivity index (χ1n) is 3.78. The molecule has 0 atom stereocenters. The second kappa shape index (κ2) is 3.09. The molecule has 0 spiro atoms. The van der Waals surface area contributed by atoms with Crippen LogP contribution in [0.1, 0.15) is 25.7 Å². The zero-order valence-electron chi connectivity index (χ0n) is 6.71. The summed E-state index contributed by atoms with van der Waals surface area (Å²) in [5, 5.41) is 11.5. The Balaban J connectivity index is 2.74. The number of oxime groups is 1. The number of hydrogen-bond acceptors (Lipinski definition) is 3. The second-order valence-corrected chi connectivity index (χ2v) is 2.89. The first-order chi connectivity index (χ1) is 5.25. The summed E-state index contributed by atoms with van der Waals surface area (Å²) < 4.78 is 5.24. The van der Waals surface area contributed by atoms with Crippen LogP contribution in [0, 0.1) is 0 Å². The van der Waals surface area contributed by atoms with Crippen LogP contribution in [-0.4, -0.2) is 23.8 Å². The summed E-state index contributed by atoms with van der Waals surface area (Å²) in [7, 11) is 1.60. The summed E-state index contributed by atoms with van der Waals surface area (Å²) in [4.78, 5) is 0. The molecular formula is C7H14N2O2. The van der Waals surface area contributed by atoms with Crippen molar-refractivity contribution in [2.75, 3.05) is 7.11 Å². The highest BCUT2D eigenvalue weighted by atomic mass is 16.5. The van der Waals surface area contributed by atoms with Crippen LogP contribution in [0.5, 0.6) is 0 Å². The fourth-order valence-corrected chi connectivity index (χ4v) is 1.60. The number of ether oxygens (including phenoxy) is 1. The molecular weight excluding hydrogens is 144 g/mol. The lowest BCUT2D eigenvalue weighted by atomic mass is 10.0. The Morgan fingerprint density at radius 3 is 2.45 bits per heavy atom. The van der Waals surface area contributed by atoms with Gasteiger partial charge in [-0.2, -0.15) is 0 Å². The van der Waals surface area contributed by atoms with Crippen molar-refractivity contribution in [3.63, 3.8) is 0 Å². The lowest BCUT2D eigenvalue weighted by Gasteiger charge is -2.24. The summed E-state index contributed by atoms with van der Waals surface area (Å²) in [6, 6.07) is 0. The number of methoxy groups -OCH3 is 1. The van der Waals surface area contributed by atoms with Gasteiger partial charge in [-0.05, 0) is 25.7 Å². The third-order valence-corrected chi connectivity index (χ3v) is 2.38. The highest BCUT2D eigenvalue weighted by Crippen LogP contribution is 2.32. The third kappa shape index (κ3) is 1.30. The Labute approximate surface area is 66.0 Å². The van der Waals surface area contributed by atoms with Crippen molar-refractivity contribution in [3.8, 4) is 0 Å². The number of amidine groups is 1. The molecule has 0 aliphatic heterocycles. The first-order valence-corrected chi connectivity index (χ1v) is 3.78. The van der Waals surface area contributed by atoms with Crippen molar-refractivity contribution >= 4 is 5.84 Å². The van der Waals surface area contributed by atoms with E-state index in [0.717, 1.165) is 25.7 Å². The van der Waals surface area contributed by atoms with Gasteiger partial charge in [-0.3, -0.25) is 0 Å². The van der Waals surface area contributed by atoms with Gasteiger partial charge in [0.25, 0.3) is 0 Å². The van der Waals surface area contributed by atoms with Crippen molar-refractivity contribution in [3.05, 3.63) is 0 Å². The van der Waals surface area contributed by atoms with E-state index in [1.807, 2.05) is 0 Å². The van der Waals surface area contributed by atoms with Gasteiger partial charge in [-0.25, -0.2) is 0 Å². The first kappa shape index (κ1) is 8.33. The van der Waals surface area contributed by atoms with E-state index in [1.54, 1.807) is 7.11 Å². The largest absolute Gasteiger partial charge is 0.409 e. The molecule has 0 heterocycles. The molecule has 3 N–H and O–H groups in total. The second-order valence-electron chi connectivity index (χ2n) is 2.89. The van der Waals surface area contributed by atoms with E-state index in [0.29, 0.717) is 0 Å².